The molecule has 0 aliphatic heterocycles. The molecule has 0 radical (unpaired) electrons. The van der Waals surface area contributed by atoms with Crippen LogP contribution in [0.25, 0.3) is 11.1 Å². The van der Waals surface area contributed by atoms with Crippen LogP contribution in [0.4, 0.5) is 0 Å². The third-order valence-electron chi connectivity index (χ3n) is 7.44. The van der Waals surface area contributed by atoms with Crippen molar-refractivity contribution in [3.63, 3.8) is 0 Å². The van der Waals surface area contributed by atoms with E-state index in [9.17, 15) is 14.7 Å². The molecule has 0 heterocycles. The summed E-state index contributed by atoms with van der Waals surface area (Å²) in [6.45, 7) is 4.81. The number of hydrogen-bond donors (Lipinski definition) is 2. The zero-order valence-corrected chi connectivity index (χ0v) is 24.2. The number of carboxylic acids is 2. The largest absolute Gasteiger partial charge is 0.489 e. The quantitative estimate of drug-likeness (QED) is 0.137. The van der Waals surface area contributed by atoms with Crippen molar-refractivity contribution in [2.24, 2.45) is 0 Å². The van der Waals surface area contributed by atoms with Gasteiger partial charge in [0.1, 0.15) is 12.4 Å². The van der Waals surface area contributed by atoms with Crippen LogP contribution in [0.3, 0.4) is 0 Å². The number of carbonyl (C=O) groups is 2. The molecule has 2 N–H and O–H groups in total. The molecule has 4 aromatic rings. The maximum atomic E-state index is 11.2. The molecular weight excluding hydrogens is 526 g/mol. The predicted octanol–water partition coefficient (Wildman–Crippen LogP) is 7.49. The van der Waals surface area contributed by atoms with Crippen molar-refractivity contribution >= 4 is 11.9 Å². The third kappa shape index (κ3) is 9.32. The summed E-state index contributed by atoms with van der Waals surface area (Å²) in [4.78, 5) is 24.5. The lowest BCUT2D eigenvalue weighted by Gasteiger charge is -2.23. The van der Waals surface area contributed by atoms with Crippen LogP contribution in [-0.4, -0.2) is 40.1 Å². The lowest BCUT2D eigenvalue weighted by molar-refractivity contribution is -0.137. The number of aryl methyl sites for hydroxylation is 1. The van der Waals surface area contributed by atoms with Gasteiger partial charge in [0.05, 0.1) is 5.56 Å². The molecule has 42 heavy (non-hydrogen) atoms. The van der Waals surface area contributed by atoms with E-state index in [1.165, 1.54) is 16.7 Å². The number of rotatable bonds is 16. The molecule has 0 amide bonds. The first-order valence-electron chi connectivity index (χ1n) is 14.6. The van der Waals surface area contributed by atoms with Crippen LogP contribution in [0.15, 0.2) is 97.1 Å². The molecule has 0 bridgehead atoms. The lowest BCUT2D eigenvalue weighted by atomic mass is 10.0. The van der Waals surface area contributed by atoms with Gasteiger partial charge in [-0.15, -0.1) is 0 Å². The van der Waals surface area contributed by atoms with Gasteiger partial charge in [-0.1, -0.05) is 85.8 Å². The number of aliphatic carboxylic acids is 1. The number of carboxylic acid groups (broad SMARTS) is 2. The Labute approximate surface area is 248 Å². The molecule has 0 unspecified atom stereocenters. The van der Waals surface area contributed by atoms with Gasteiger partial charge >= 0.3 is 11.9 Å². The smallest absolute Gasteiger partial charge is 0.335 e. The fraction of sp³-hybridized carbons (Fsp3) is 0.278. The van der Waals surface area contributed by atoms with Crippen molar-refractivity contribution in [2.45, 2.75) is 52.2 Å². The second kappa shape index (κ2) is 15.5. The van der Waals surface area contributed by atoms with Gasteiger partial charge in [-0.3, -0.25) is 9.69 Å². The summed E-state index contributed by atoms with van der Waals surface area (Å²) in [6.07, 6.45) is 3.35. The maximum absolute atomic E-state index is 11.2. The molecule has 4 rings (SSSR count). The van der Waals surface area contributed by atoms with Crippen LogP contribution in [0.1, 0.15) is 58.8 Å². The second-order valence-electron chi connectivity index (χ2n) is 10.5. The molecule has 0 saturated heterocycles. The number of aromatic carboxylic acids is 1. The topological polar surface area (TPSA) is 87.1 Å². The van der Waals surface area contributed by atoms with Gasteiger partial charge < -0.3 is 14.9 Å². The molecule has 0 atom stereocenters. The van der Waals surface area contributed by atoms with Crippen LogP contribution in [0.2, 0.25) is 0 Å². The lowest BCUT2D eigenvalue weighted by Crippen LogP contribution is -2.27. The highest BCUT2D eigenvalue weighted by atomic mass is 16.5. The van der Waals surface area contributed by atoms with Crippen LogP contribution < -0.4 is 4.74 Å². The molecule has 0 aliphatic rings. The molecule has 6 heteroatoms. The number of hydrogen-bond acceptors (Lipinski definition) is 4. The third-order valence-corrected chi connectivity index (χ3v) is 7.44. The van der Waals surface area contributed by atoms with Crippen molar-refractivity contribution in [1.82, 2.24) is 4.90 Å². The summed E-state index contributed by atoms with van der Waals surface area (Å²) in [5.41, 5.74) is 7.22. The average Bonchev–Trinajstić information content (AvgIpc) is 3.01. The summed E-state index contributed by atoms with van der Waals surface area (Å²) in [6, 6.07) is 32.2. The first kappa shape index (κ1) is 30.5. The first-order chi connectivity index (χ1) is 20.4. The average molecular weight is 566 g/mol. The van der Waals surface area contributed by atoms with Crippen molar-refractivity contribution < 1.29 is 24.5 Å². The Bertz CT molecular complexity index is 1430. The molecule has 0 saturated carbocycles. The van der Waals surface area contributed by atoms with E-state index in [1.54, 1.807) is 12.1 Å². The first-order valence-corrected chi connectivity index (χ1v) is 14.6. The van der Waals surface area contributed by atoms with Crippen molar-refractivity contribution in [2.75, 3.05) is 13.1 Å². The summed E-state index contributed by atoms with van der Waals surface area (Å²) >= 11 is 0. The van der Waals surface area contributed by atoms with E-state index in [4.69, 9.17) is 9.84 Å². The standard InChI is InChI=1S/C36H39NO5/c1-2-27-10-16-30(17-11-27)31-18-14-29(15-19-31)26-42-34-8-4-3-7-32(34)22-24-37(23-6-5-9-35(38)39)25-28-12-20-33(21-13-28)36(40)41/h3-4,7-8,10-21H,2,5-6,9,22-26H2,1H3,(H,38,39)(H,40,41). The summed E-state index contributed by atoms with van der Waals surface area (Å²) in [7, 11) is 0. The zero-order chi connectivity index (χ0) is 29.7. The SMILES string of the molecule is CCc1ccc(-c2ccc(COc3ccccc3CCN(CCCCC(=O)O)Cc3ccc(C(=O)O)cc3)cc2)cc1. The summed E-state index contributed by atoms with van der Waals surface area (Å²) < 4.78 is 6.27. The highest BCUT2D eigenvalue weighted by Gasteiger charge is 2.11. The fourth-order valence-electron chi connectivity index (χ4n) is 4.91. The Morgan fingerprint density at radius 1 is 0.714 bits per heavy atom. The molecule has 0 aliphatic carbocycles. The molecule has 4 aromatic carbocycles. The molecule has 0 aromatic heterocycles. The van der Waals surface area contributed by atoms with Gasteiger partial charge in [-0.25, -0.2) is 4.79 Å². The van der Waals surface area contributed by atoms with Crippen molar-refractivity contribution in [1.29, 1.82) is 0 Å². The van der Waals surface area contributed by atoms with Crippen molar-refractivity contribution in [3.05, 3.63) is 125 Å². The maximum Gasteiger partial charge on any atom is 0.335 e. The minimum Gasteiger partial charge on any atom is -0.489 e. The van der Waals surface area contributed by atoms with Gasteiger partial charge in [0.15, 0.2) is 0 Å². The van der Waals surface area contributed by atoms with Crippen molar-refractivity contribution in [3.8, 4) is 16.9 Å². The number of para-hydroxylation sites is 1. The highest BCUT2D eigenvalue weighted by Crippen LogP contribution is 2.24. The number of nitrogens with zero attached hydrogens (tertiary/aromatic N) is 1. The van der Waals surface area contributed by atoms with Gasteiger partial charge in [0.2, 0.25) is 0 Å². The number of ether oxygens (including phenoxy) is 1. The van der Waals surface area contributed by atoms with E-state index in [1.807, 2.05) is 30.3 Å². The predicted molar refractivity (Wildman–Crippen MR) is 166 cm³/mol. The van der Waals surface area contributed by atoms with E-state index >= 15 is 0 Å². The minimum absolute atomic E-state index is 0.157. The van der Waals surface area contributed by atoms with E-state index in [2.05, 4.69) is 66.4 Å². The Balaban J connectivity index is 1.37. The molecular formula is C36H39NO5. The van der Waals surface area contributed by atoms with Crippen LogP contribution in [0.5, 0.6) is 5.75 Å². The zero-order valence-electron chi connectivity index (χ0n) is 24.2. The summed E-state index contributed by atoms with van der Waals surface area (Å²) in [5, 5.41) is 18.2. The Morgan fingerprint density at radius 3 is 1.95 bits per heavy atom. The van der Waals surface area contributed by atoms with E-state index in [0.29, 0.717) is 19.6 Å². The second-order valence-corrected chi connectivity index (χ2v) is 10.5. The molecule has 218 valence electrons. The van der Waals surface area contributed by atoms with Gasteiger partial charge in [0.25, 0.3) is 0 Å². The van der Waals surface area contributed by atoms with Crippen LogP contribution in [-0.2, 0) is 30.8 Å². The molecule has 6 nitrogen and oxygen atoms in total. The number of benzene rings is 4. The molecule has 0 fully saturated rings. The monoisotopic (exact) mass is 565 g/mol. The van der Waals surface area contributed by atoms with E-state index in [0.717, 1.165) is 54.8 Å². The molecule has 0 spiro atoms. The van der Waals surface area contributed by atoms with Gasteiger partial charge in [-0.2, -0.15) is 0 Å². The van der Waals surface area contributed by atoms with Gasteiger partial charge in [-0.05, 0) is 83.8 Å². The van der Waals surface area contributed by atoms with E-state index in [-0.39, 0.29) is 12.0 Å². The van der Waals surface area contributed by atoms with Gasteiger partial charge in [0, 0.05) is 19.5 Å². The summed E-state index contributed by atoms with van der Waals surface area (Å²) in [5.74, 6) is -0.869. The number of unbranched alkanes of at least 4 members (excludes halogenated alkanes) is 1. The Morgan fingerprint density at radius 2 is 1.33 bits per heavy atom. The Hall–Kier alpha value is -4.42. The Kier molecular flexibility index (Phi) is 11.3. The fourth-order valence-corrected chi connectivity index (χ4v) is 4.91. The normalized spacial score (nSPS) is 11.0. The highest BCUT2D eigenvalue weighted by molar-refractivity contribution is 5.87. The van der Waals surface area contributed by atoms with E-state index < -0.39 is 11.9 Å². The van der Waals surface area contributed by atoms with Crippen LogP contribution >= 0.6 is 0 Å². The minimum atomic E-state index is -0.943. The van der Waals surface area contributed by atoms with Crippen LogP contribution in [0, 0.1) is 0 Å².